The lowest BCUT2D eigenvalue weighted by Crippen LogP contribution is -2.38. The molecule has 0 radical (unpaired) electrons. The second-order valence-corrected chi connectivity index (χ2v) is 9.09. The fourth-order valence-corrected chi connectivity index (χ4v) is 4.66. The summed E-state index contributed by atoms with van der Waals surface area (Å²) in [6, 6.07) is 7.45. The van der Waals surface area contributed by atoms with Crippen molar-refractivity contribution in [2.24, 2.45) is 0 Å². The highest BCUT2D eigenvalue weighted by molar-refractivity contribution is 7.15. The van der Waals surface area contributed by atoms with Crippen LogP contribution in [-0.4, -0.2) is 66.4 Å². The lowest BCUT2D eigenvalue weighted by molar-refractivity contribution is 0.0321. The fourth-order valence-electron chi connectivity index (χ4n) is 3.67. The number of nitrogen functional groups attached to an aromatic ring is 2. The summed E-state index contributed by atoms with van der Waals surface area (Å²) in [6.45, 7) is 8.69. The summed E-state index contributed by atoms with van der Waals surface area (Å²) in [5, 5.41) is 0.858. The summed E-state index contributed by atoms with van der Waals surface area (Å²) < 4.78 is 22.9. The van der Waals surface area contributed by atoms with Gasteiger partial charge in [0.2, 0.25) is 0 Å². The molecule has 1 aromatic carbocycles. The number of benzene rings is 1. The molecule has 3 aromatic rings. The molecule has 1 aliphatic heterocycles. The van der Waals surface area contributed by atoms with Crippen molar-refractivity contribution >= 4 is 23.0 Å². The Morgan fingerprint density at radius 2 is 1.82 bits per heavy atom. The number of aryl methyl sites for hydroxylation is 1. The second kappa shape index (κ2) is 10.9. The third kappa shape index (κ3) is 5.85. The van der Waals surface area contributed by atoms with E-state index in [9.17, 15) is 0 Å². The van der Waals surface area contributed by atoms with E-state index in [1.54, 1.807) is 18.4 Å². The molecule has 1 aliphatic rings. The summed E-state index contributed by atoms with van der Waals surface area (Å²) >= 11 is 1.58. The number of aromatic nitrogens is 3. The number of nitrogens with zero attached hydrogens (tertiary/aromatic N) is 4. The predicted molar refractivity (Wildman–Crippen MR) is 131 cm³/mol. The molecule has 1 saturated heterocycles. The molecule has 1 atom stereocenters. The molecule has 11 heteroatoms. The number of ether oxygens (including phenoxy) is 4. The van der Waals surface area contributed by atoms with Crippen LogP contribution in [0.1, 0.15) is 23.6 Å². The molecule has 10 nitrogen and oxygen atoms in total. The van der Waals surface area contributed by atoms with Crippen LogP contribution in [0.4, 0.5) is 11.6 Å². The van der Waals surface area contributed by atoms with Gasteiger partial charge in [-0.15, -0.1) is 11.3 Å². The van der Waals surface area contributed by atoms with Crippen molar-refractivity contribution in [2.75, 3.05) is 58.0 Å². The molecule has 0 unspecified atom stereocenters. The van der Waals surface area contributed by atoms with Crippen LogP contribution >= 0.6 is 11.3 Å². The lowest BCUT2D eigenvalue weighted by Gasteiger charge is -2.26. The van der Waals surface area contributed by atoms with Gasteiger partial charge in [-0.2, -0.15) is 9.97 Å². The summed E-state index contributed by atoms with van der Waals surface area (Å²) in [4.78, 5) is 16.4. The van der Waals surface area contributed by atoms with Crippen molar-refractivity contribution in [1.82, 2.24) is 19.9 Å². The van der Waals surface area contributed by atoms with Gasteiger partial charge >= 0.3 is 6.01 Å². The first-order valence-electron chi connectivity index (χ1n) is 11.1. The van der Waals surface area contributed by atoms with Gasteiger partial charge in [0.25, 0.3) is 0 Å². The Hall–Kier alpha value is -3.15. The quantitative estimate of drug-likeness (QED) is 0.465. The molecule has 4 rings (SSSR count). The number of morpholine rings is 1. The number of thiazole rings is 1. The fraction of sp³-hybridized carbons (Fsp3) is 0.435. The normalized spacial score (nSPS) is 15.1. The molecule has 0 bridgehead atoms. The number of hydrogen-bond acceptors (Lipinski definition) is 11. The van der Waals surface area contributed by atoms with Crippen LogP contribution in [0.3, 0.4) is 0 Å². The highest BCUT2D eigenvalue weighted by Gasteiger charge is 2.20. The molecular weight excluding hydrogens is 456 g/mol. The third-order valence-electron chi connectivity index (χ3n) is 5.42. The van der Waals surface area contributed by atoms with Gasteiger partial charge in [-0.25, -0.2) is 4.98 Å². The van der Waals surface area contributed by atoms with Gasteiger partial charge in [0.1, 0.15) is 29.4 Å². The summed E-state index contributed by atoms with van der Waals surface area (Å²) in [5.74, 6) is 1.89. The zero-order valence-electron chi connectivity index (χ0n) is 19.6. The Labute approximate surface area is 202 Å². The average molecular weight is 487 g/mol. The van der Waals surface area contributed by atoms with E-state index in [-0.39, 0.29) is 23.8 Å². The molecule has 182 valence electrons. The number of methoxy groups -OCH3 is 1. The largest absolute Gasteiger partial charge is 0.493 e. The topological polar surface area (TPSA) is 131 Å². The minimum Gasteiger partial charge on any atom is -0.493 e. The molecular formula is C23H30N6O4S. The van der Waals surface area contributed by atoms with Crippen LogP contribution in [-0.2, 0) is 4.74 Å². The number of rotatable bonds is 9. The van der Waals surface area contributed by atoms with E-state index in [0.29, 0.717) is 18.1 Å². The Balaban J connectivity index is 1.48. The molecule has 3 heterocycles. The van der Waals surface area contributed by atoms with Crippen molar-refractivity contribution in [3.05, 3.63) is 34.8 Å². The van der Waals surface area contributed by atoms with Crippen molar-refractivity contribution in [3.8, 4) is 28.1 Å². The van der Waals surface area contributed by atoms with Crippen LogP contribution in [0.25, 0.3) is 10.6 Å². The van der Waals surface area contributed by atoms with Crippen molar-refractivity contribution in [2.45, 2.75) is 20.0 Å². The maximum atomic E-state index is 6.08. The summed E-state index contributed by atoms with van der Waals surface area (Å²) in [5.41, 5.74) is 13.2. The molecule has 34 heavy (non-hydrogen) atoms. The summed E-state index contributed by atoms with van der Waals surface area (Å²) in [7, 11) is 1.64. The number of nitrogens with two attached hydrogens (primary N) is 2. The van der Waals surface area contributed by atoms with Crippen molar-refractivity contribution < 1.29 is 18.9 Å². The maximum absolute atomic E-state index is 6.08. The smallest absolute Gasteiger partial charge is 0.320 e. The first-order valence-corrected chi connectivity index (χ1v) is 11.9. The van der Waals surface area contributed by atoms with E-state index in [4.69, 9.17) is 35.4 Å². The van der Waals surface area contributed by atoms with Crippen LogP contribution in [0, 0.1) is 6.92 Å². The minimum absolute atomic E-state index is 0.124. The number of hydrogen-bond donors (Lipinski definition) is 2. The van der Waals surface area contributed by atoms with E-state index in [1.807, 2.05) is 32.0 Å². The van der Waals surface area contributed by atoms with Crippen LogP contribution in [0.15, 0.2) is 24.3 Å². The van der Waals surface area contributed by atoms with Crippen molar-refractivity contribution in [1.29, 1.82) is 0 Å². The van der Waals surface area contributed by atoms with Gasteiger partial charge in [-0.1, -0.05) is 0 Å². The molecule has 4 N–H and O–H groups in total. The van der Waals surface area contributed by atoms with Gasteiger partial charge in [0.05, 0.1) is 26.0 Å². The van der Waals surface area contributed by atoms with E-state index in [2.05, 4.69) is 14.9 Å². The van der Waals surface area contributed by atoms with Gasteiger partial charge < -0.3 is 30.4 Å². The Morgan fingerprint density at radius 1 is 1.09 bits per heavy atom. The van der Waals surface area contributed by atoms with Gasteiger partial charge in [-0.05, 0) is 32.0 Å². The van der Waals surface area contributed by atoms with Gasteiger partial charge in [0, 0.05) is 36.1 Å². The zero-order chi connectivity index (χ0) is 24.1. The van der Waals surface area contributed by atoms with E-state index in [0.717, 1.165) is 54.0 Å². The van der Waals surface area contributed by atoms with Crippen LogP contribution < -0.4 is 25.7 Å². The first-order chi connectivity index (χ1) is 16.4. The summed E-state index contributed by atoms with van der Waals surface area (Å²) in [6.07, 6.45) is -0.381. The molecule has 1 fully saturated rings. The maximum Gasteiger partial charge on any atom is 0.320 e. The molecule has 2 aromatic heterocycles. The highest BCUT2D eigenvalue weighted by atomic mass is 32.1. The Morgan fingerprint density at radius 3 is 2.53 bits per heavy atom. The van der Waals surface area contributed by atoms with Gasteiger partial charge in [0.15, 0.2) is 11.5 Å². The van der Waals surface area contributed by atoms with E-state index < -0.39 is 0 Å². The molecule has 0 saturated carbocycles. The second-order valence-electron chi connectivity index (χ2n) is 7.89. The minimum atomic E-state index is -0.381. The van der Waals surface area contributed by atoms with E-state index >= 15 is 0 Å². The average Bonchev–Trinajstić information content (AvgIpc) is 3.21. The number of anilines is 2. The lowest BCUT2D eigenvalue weighted by atomic mass is 10.2. The highest BCUT2D eigenvalue weighted by Crippen LogP contribution is 2.36. The Bertz CT molecular complexity index is 1100. The zero-order valence-corrected chi connectivity index (χ0v) is 20.4. The molecule has 0 amide bonds. The SMILES string of the molecule is COc1ccc(-c2nc([C@@H](C)Oc3nc(N)cc(N)n3)c(C)s2)cc1OCCN1CCOCC1. The molecule has 0 aliphatic carbocycles. The Kier molecular flexibility index (Phi) is 7.66. The monoisotopic (exact) mass is 486 g/mol. The predicted octanol–water partition coefficient (Wildman–Crippen LogP) is 2.93. The first kappa shape index (κ1) is 24.0. The molecule has 0 spiro atoms. The third-order valence-corrected chi connectivity index (χ3v) is 6.46. The van der Waals surface area contributed by atoms with Gasteiger partial charge in [-0.3, -0.25) is 4.90 Å². The van der Waals surface area contributed by atoms with Crippen molar-refractivity contribution in [3.63, 3.8) is 0 Å². The van der Waals surface area contributed by atoms with E-state index in [1.165, 1.54) is 6.07 Å². The van der Waals surface area contributed by atoms with Crippen LogP contribution in [0.2, 0.25) is 0 Å². The van der Waals surface area contributed by atoms with Crippen LogP contribution in [0.5, 0.6) is 17.5 Å². The standard InChI is InChI=1S/C23H30N6O4S/c1-14(33-23-26-19(24)13-20(25)27-23)21-15(2)34-22(28-21)16-4-5-17(30-3)18(12-16)32-11-8-29-6-9-31-10-7-29/h4-5,12-14H,6-11H2,1-3H3,(H4,24,25,26,27)/t14-/m1/s1.